The molecule has 1 N–H and O–H groups in total. The number of rotatable bonds is 4. The predicted molar refractivity (Wildman–Crippen MR) is 76.8 cm³/mol. The lowest BCUT2D eigenvalue weighted by molar-refractivity contribution is -0.159. The minimum atomic E-state index is -4.77. The summed E-state index contributed by atoms with van der Waals surface area (Å²) >= 11 is 0. The van der Waals surface area contributed by atoms with Gasteiger partial charge in [0.25, 0.3) is 5.91 Å². The predicted octanol–water partition coefficient (Wildman–Crippen LogP) is 3.57. The van der Waals surface area contributed by atoms with Crippen molar-refractivity contribution in [2.45, 2.75) is 37.4 Å². The van der Waals surface area contributed by atoms with E-state index in [1.165, 1.54) is 12.1 Å². The van der Waals surface area contributed by atoms with Crippen LogP contribution in [0.15, 0.2) is 22.7 Å². The van der Waals surface area contributed by atoms with Crippen LogP contribution in [0.5, 0.6) is 0 Å². The van der Waals surface area contributed by atoms with E-state index in [-0.39, 0.29) is 16.7 Å². The fourth-order valence-corrected chi connectivity index (χ4v) is 2.99. The van der Waals surface area contributed by atoms with Gasteiger partial charge in [0.2, 0.25) is 5.82 Å². The molecular weight excluding hydrogens is 342 g/mol. The van der Waals surface area contributed by atoms with E-state index >= 15 is 0 Å². The van der Waals surface area contributed by atoms with E-state index in [4.69, 9.17) is 0 Å². The summed E-state index contributed by atoms with van der Waals surface area (Å²) < 4.78 is 55.8. The Morgan fingerprint density at radius 3 is 2.52 bits per heavy atom. The Morgan fingerprint density at radius 2 is 2.00 bits per heavy atom. The lowest BCUT2D eigenvalue weighted by Gasteiger charge is -2.16. The third-order valence-corrected chi connectivity index (χ3v) is 4.65. The normalized spacial score (nSPS) is 18.9. The van der Waals surface area contributed by atoms with Crippen LogP contribution in [0.3, 0.4) is 0 Å². The zero-order chi connectivity index (χ0) is 17.8. The molecule has 1 heterocycles. The van der Waals surface area contributed by atoms with Crippen LogP contribution < -0.4 is 5.32 Å². The molecule has 2 fully saturated rings. The quantitative estimate of drug-likeness (QED) is 0.852. The van der Waals surface area contributed by atoms with E-state index in [0.29, 0.717) is 5.92 Å². The highest BCUT2D eigenvalue weighted by Gasteiger charge is 2.54. The Morgan fingerprint density at radius 1 is 1.28 bits per heavy atom. The van der Waals surface area contributed by atoms with Crippen LogP contribution in [-0.2, 0) is 6.18 Å². The maximum Gasteiger partial charge on any atom is 0.471 e. The van der Waals surface area contributed by atoms with Crippen LogP contribution in [0.1, 0.15) is 41.9 Å². The summed E-state index contributed by atoms with van der Waals surface area (Å²) in [6.45, 7) is 0. The van der Waals surface area contributed by atoms with Crippen LogP contribution in [0.2, 0.25) is 0 Å². The highest BCUT2D eigenvalue weighted by atomic mass is 19.4. The Bertz CT molecular complexity index is 838. The van der Waals surface area contributed by atoms with Gasteiger partial charge in [0.1, 0.15) is 5.82 Å². The summed E-state index contributed by atoms with van der Waals surface area (Å²) in [6.07, 6.45) is -0.842. The van der Waals surface area contributed by atoms with Crippen molar-refractivity contribution in [3.05, 3.63) is 35.5 Å². The van der Waals surface area contributed by atoms with Crippen molar-refractivity contribution in [3.63, 3.8) is 0 Å². The topological polar surface area (TPSA) is 68.0 Å². The number of aromatic nitrogens is 2. The van der Waals surface area contributed by atoms with Crippen molar-refractivity contribution in [1.82, 2.24) is 15.5 Å². The number of hydrogen-bond acceptors (Lipinski definition) is 4. The molecule has 4 rings (SSSR count). The molecule has 0 spiro atoms. The Balaban J connectivity index is 1.54. The maximum atomic E-state index is 14.3. The first kappa shape index (κ1) is 16.0. The van der Waals surface area contributed by atoms with Crippen molar-refractivity contribution >= 4 is 5.91 Å². The molecule has 2 aliphatic carbocycles. The maximum absolute atomic E-state index is 14.3. The highest BCUT2D eigenvalue weighted by molar-refractivity contribution is 5.95. The molecule has 5 nitrogen and oxygen atoms in total. The van der Waals surface area contributed by atoms with E-state index in [1.54, 1.807) is 0 Å². The number of amides is 1. The van der Waals surface area contributed by atoms with Gasteiger partial charge in [-0.2, -0.15) is 18.2 Å². The first-order valence-electron chi connectivity index (χ1n) is 7.82. The molecule has 25 heavy (non-hydrogen) atoms. The second-order valence-electron chi connectivity index (χ2n) is 6.50. The van der Waals surface area contributed by atoms with Gasteiger partial charge in [-0.15, -0.1) is 0 Å². The Kier molecular flexibility index (Phi) is 3.38. The van der Waals surface area contributed by atoms with Gasteiger partial charge in [-0.1, -0.05) is 11.2 Å². The number of halogens is 4. The van der Waals surface area contributed by atoms with E-state index in [9.17, 15) is 22.4 Å². The molecule has 1 amide bonds. The standard InChI is InChI=1S/C16H13F4N3O2/c17-11-7-8(12-21-14(25-23-12)16(18,19)20)1-4-10(11)13(24)22-15(5-6-15)9-2-3-9/h1,4,7,9H,2-3,5-6H2,(H,22,24). The van der Waals surface area contributed by atoms with Crippen molar-refractivity contribution in [2.24, 2.45) is 5.92 Å². The number of benzene rings is 1. The smallest absolute Gasteiger partial charge is 0.346 e. The van der Waals surface area contributed by atoms with Crippen molar-refractivity contribution in [3.8, 4) is 11.4 Å². The number of nitrogens with one attached hydrogen (secondary N) is 1. The van der Waals surface area contributed by atoms with E-state index in [0.717, 1.165) is 31.7 Å². The fourth-order valence-electron chi connectivity index (χ4n) is 2.99. The molecule has 1 aromatic heterocycles. The molecule has 0 atom stereocenters. The van der Waals surface area contributed by atoms with Gasteiger partial charge in [0.15, 0.2) is 0 Å². The monoisotopic (exact) mass is 355 g/mol. The molecule has 0 saturated heterocycles. The van der Waals surface area contributed by atoms with Crippen molar-refractivity contribution in [2.75, 3.05) is 0 Å². The van der Waals surface area contributed by atoms with Crippen molar-refractivity contribution < 1.29 is 26.9 Å². The first-order valence-corrected chi connectivity index (χ1v) is 7.82. The van der Waals surface area contributed by atoms with Crippen LogP contribution >= 0.6 is 0 Å². The summed E-state index contributed by atoms with van der Waals surface area (Å²) in [4.78, 5) is 15.5. The lowest BCUT2D eigenvalue weighted by atomic mass is 10.1. The molecule has 0 unspecified atom stereocenters. The molecule has 0 bridgehead atoms. The Hall–Kier alpha value is -2.45. The van der Waals surface area contributed by atoms with E-state index in [2.05, 4.69) is 20.0 Å². The number of carbonyl (C=O) groups excluding carboxylic acids is 1. The summed E-state index contributed by atoms with van der Waals surface area (Å²) in [7, 11) is 0. The SMILES string of the molecule is O=C(NC1(C2CC2)CC1)c1ccc(-c2noc(C(F)(F)F)n2)cc1F. The number of alkyl halides is 3. The Labute approximate surface area is 139 Å². The number of carbonyl (C=O) groups is 1. The number of nitrogens with zero attached hydrogens (tertiary/aromatic N) is 2. The molecule has 2 saturated carbocycles. The molecule has 0 aliphatic heterocycles. The summed E-state index contributed by atoms with van der Waals surface area (Å²) in [6, 6.07) is 3.43. The fraction of sp³-hybridized carbons (Fsp3) is 0.438. The first-order chi connectivity index (χ1) is 11.8. The van der Waals surface area contributed by atoms with Gasteiger partial charge in [0.05, 0.1) is 5.56 Å². The van der Waals surface area contributed by atoms with Gasteiger partial charge < -0.3 is 9.84 Å². The van der Waals surface area contributed by atoms with Gasteiger partial charge in [-0.05, 0) is 43.7 Å². The molecule has 1 aromatic carbocycles. The second-order valence-corrected chi connectivity index (χ2v) is 6.50. The minimum absolute atomic E-state index is 0.00312. The zero-order valence-electron chi connectivity index (χ0n) is 12.9. The zero-order valence-corrected chi connectivity index (χ0v) is 12.9. The van der Waals surface area contributed by atoms with Crippen molar-refractivity contribution in [1.29, 1.82) is 0 Å². The molecule has 2 aliphatic rings. The molecule has 0 radical (unpaired) electrons. The average molecular weight is 355 g/mol. The highest BCUT2D eigenvalue weighted by Crippen LogP contribution is 2.53. The molecule has 132 valence electrons. The summed E-state index contributed by atoms with van der Waals surface area (Å²) in [5.41, 5.74) is -0.357. The van der Waals surface area contributed by atoms with Gasteiger partial charge >= 0.3 is 12.1 Å². The third kappa shape index (κ3) is 2.98. The molecular formula is C16H13F4N3O2. The van der Waals surface area contributed by atoms with Crippen LogP contribution in [0.25, 0.3) is 11.4 Å². The van der Waals surface area contributed by atoms with Gasteiger partial charge in [-0.25, -0.2) is 4.39 Å². The van der Waals surface area contributed by atoms with Gasteiger partial charge in [0, 0.05) is 11.1 Å². The lowest BCUT2D eigenvalue weighted by Crippen LogP contribution is -2.38. The third-order valence-electron chi connectivity index (χ3n) is 4.65. The molecule has 9 heteroatoms. The van der Waals surface area contributed by atoms with E-state index < -0.39 is 29.6 Å². The van der Waals surface area contributed by atoms with E-state index in [1.807, 2.05) is 0 Å². The molecule has 2 aromatic rings. The average Bonchev–Trinajstić information content (AvgIpc) is 3.45. The van der Waals surface area contributed by atoms with Crippen LogP contribution in [-0.4, -0.2) is 21.6 Å². The van der Waals surface area contributed by atoms with Gasteiger partial charge in [-0.3, -0.25) is 4.79 Å². The van der Waals surface area contributed by atoms with Crippen LogP contribution in [0.4, 0.5) is 17.6 Å². The summed E-state index contributed by atoms with van der Waals surface area (Å²) in [5, 5.41) is 6.09. The largest absolute Gasteiger partial charge is 0.471 e. The minimum Gasteiger partial charge on any atom is -0.346 e. The number of hydrogen-bond donors (Lipinski definition) is 1. The summed E-state index contributed by atoms with van der Waals surface area (Å²) in [5.74, 6) is -2.80. The second kappa shape index (κ2) is 5.27. The van der Waals surface area contributed by atoms with Crippen LogP contribution in [0, 0.1) is 11.7 Å².